The van der Waals surface area contributed by atoms with Gasteiger partial charge in [0.1, 0.15) is 0 Å². The van der Waals surface area contributed by atoms with E-state index in [1.54, 1.807) is 0 Å². The van der Waals surface area contributed by atoms with Crippen LogP contribution in [0.4, 0.5) is 0 Å². The summed E-state index contributed by atoms with van der Waals surface area (Å²) in [6.45, 7) is 0. The highest BCUT2D eigenvalue weighted by molar-refractivity contribution is 9.10. The van der Waals surface area contributed by atoms with Gasteiger partial charge in [0.05, 0.1) is 12.0 Å². The third kappa shape index (κ3) is 3.93. The Morgan fingerprint density at radius 1 is 1.14 bits per heavy atom. The zero-order valence-electron chi connectivity index (χ0n) is 11.2. The third-order valence-corrected chi connectivity index (χ3v) is 3.86. The van der Waals surface area contributed by atoms with Gasteiger partial charge in [-0.25, -0.2) is 0 Å². The van der Waals surface area contributed by atoms with E-state index in [0.29, 0.717) is 0 Å². The number of rotatable bonds is 5. The Balaban J connectivity index is 2.44. The average molecular weight is 343 g/mol. The highest BCUT2D eigenvalue weighted by atomic mass is 79.9. The fourth-order valence-corrected chi connectivity index (χ4v) is 2.82. The van der Waals surface area contributed by atoms with Gasteiger partial charge in [0, 0.05) is 16.4 Å². The lowest BCUT2D eigenvalue weighted by Gasteiger charge is -2.23. The number of nitrogens with zero attached hydrogens (tertiary/aromatic N) is 1. The zero-order chi connectivity index (χ0) is 15.2. The number of nitriles is 1. The van der Waals surface area contributed by atoms with E-state index < -0.39 is 17.8 Å². The van der Waals surface area contributed by atoms with Crippen molar-refractivity contribution in [1.82, 2.24) is 0 Å². The molecule has 0 aliphatic rings. The Morgan fingerprint density at radius 2 is 1.81 bits per heavy atom. The van der Waals surface area contributed by atoms with E-state index in [1.165, 1.54) is 0 Å². The number of hydrogen-bond donors (Lipinski definition) is 0. The average Bonchev–Trinajstić information content (AvgIpc) is 2.48. The Kier molecular flexibility index (Phi) is 5.13. The molecule has 106 valence electrons. The molecule has 4 heteroatoms. The molecule has 0 aromatic heterocycles. The van der Waals surface area contributed by atoms with Crippen molar-refractivity contribution in [3.8, 4) is 6.07 Å². The van der Waals surface area contributed by atoms with Gasteiger partial charge >= 0.3 is 0 Å². The smallest absolute Gasteiger partial charge is 0.0784 e. The normalized spacial score (nSPS) is 13.1. The molecule has 0 fully saturated rings. The van der Waals surface area contributed by atoms with E-state index in [-0.39, 0.29) is 6.42 Å². The molecule has 2 aromatic rings. The van der Waals surface area contributed by atoms with E-state index in [1.807, 2.05) is 54.6 Å². The van der Waals surface area contributed by atoms with Crippen molar-refractivity contribution in [2.75, 3.05) is 0 Å². The number of carbonyl (C=O) groups excluding carboxylic acids is 1. The highest BCUT2D eigenvalue weighted by Crippen LogP contribution is 2.36. The van der Waals surface area contributed by atoms with Gasteiger partial charge in [0.15, 0.2) is 0 Å². The second-order valence-electron chi connectivity index (χ2n) is 4.76. The van der Waals surface area contributed by atoms with Crippen LogP contribution in [0.25, 0.3) is 0 Å². The largest absolute Gasteiger partial charge is 0.550 e. The summed E-state index contributed by atoms with van der Waals surface area (Å²) in [6, 6.07) is 18.9. The Hall–Kier alpha value is -2.12. The first-order valence-electron chi connectivity index (χ1n) is 6.51. The first kappa shape index (κ1) is 15.3. The minimum atomic E-state index is -1.16. The van der Waals surface area contributed by atoms with Crippen LogP contribution >= 0.6 is 15.9 Å². The lowest BCUT2D eigenvalue weighted by Crippen LogP contribution is -2.26. The summed E-state index contributed by atoms with van der Waals surface area (Å²) in [4.78, 5) is 11.1. The van der Waals surface area contributed by atoms with Crippen molar-refractivity contribution in [3.05, 3.63) is 70.2 Å². The number of carboxylic acid groups (broad SMARTS) is 1. The van der Waals surface area contributed by atoms with Crippen LogP contribution in [0.5, 0.6) is 0 Å². The molecule has 2 atom stereocenters. The molecule has 2 aromatic carbocycles. The standard InChI is InChI=1S/C17H14BrNO2/c18-14-8-4-7-13(9-14)15(10-17(20)21)16(11-19)12-5-2-1-3-6-12/h1-9,15-16H,10H2,(H,20,21)/p-1. The van der Waals surface area contributed by atoms with Crippen LogP contribution < -0.4 is 5.11 Å². The van der Waals surface area contributed by atoms with Crippen LogP contribution in [-0.2, 0) is 4.79 Å². The predicted octanol–water partition coefficient (Wildman–Crippen LogP) is 2.98. The van der Waals surface area contributed by atoms with E-state index in [9.17, 15) is 15.2 Å². The Bertz CT molecular complexity index is 664. The van der Waals surface area contributed by atoms with Crippen molar-refractivity contribution in [1.29, 1.82) is 5.26 Å². The van der Waals surface area contributed by atoms with Crippen LogP contribution in [0.1, 0.15) is 29.4 Å². The second kappa shape index (κ2) is 7.05. The van der Waals surface area contributed by atoms with Crippen molar-refractivity contribution in [3.63, 3.8) is 0 Å². The molecule has 2 rings (SSSR count). The summed E-state index contributed by atoms with van der Waals surface area (Å²) < 4.78 is 0.855. The lowest BCUT2D eigenvalue weighted by atomic mass is 9.80. The predicted molar refractivity (Wildman–Crippen MR) is 81.3 cm³/mol. The van der Waals surface area contributed by atoms with Gasteiger partial charge in [-0.3, -0.25) is 0 Å². The van der Waals surface area contributed by atoms with Gasteiger partial charge in [-0.2, -0.15) is 5.26 Å². The van der Waals surface area contributed by atoms with Gasteiger partial charge in [-0.15, -0.1) is 0 Å². The molecule has 0 radical (unpaired) electrons. The third-order valence-electron chi connectivity index (χ3n) is 3.36. The van der Waals surface area contributed by atoms with Crippen LogP contribution in [0, 0.1) is 11.3 Å². The van der Waals surface area contributed by atoms with Gasteiger partial charge in [-0.1, -0.05) is 58.4 Å². The molecule has 3 nitrogen and oxygen atoms in total. The van der Waals surface area contributed by atoms with E-state index in [2.05, 4.69) is 22.0 Å². The molecule has 0 saturated heterocycles. The second-order valence-corrected chi connectivity index (χ2v) is 5.67. The summed E-state index contributed by atoms with van der Waals surface area (Å²) in [5.74, 6) is -2.13. The lowest BCUT2D eigenvalue weighted by molar-refractivity contribution is -0.306. The van der Waals surface area contributed by atoms with Crippen molar-refractivity contribution < 1.29 is 9.90 Å². The summed E-state index contributed by atoms with van der Waals surface area (Å²) in [5.41, 5.74) is 1.62. The number of carboxylic acids is 1. The monoisotopic (exact) mass is 342 g/mol. The first-order valence-corrected chi connectivity index (χ1v) is 7.31. The first-order chi connectivity index (χ1) is 10.1. The van der Waals surface area contributed by atoms with Crippen LogP contribution in [0.3, 0.4) is 0 Å². The molecule has 0 aliphatic heterocycles. The Labute approximate surface area is 132 Å². The number of benzene rings is 2. The van der Waals surface area contributed by atoms with Gasteiger partial charge < -0.3 is 9.90 Å². The molecule has 2 unspecified atom stereocenters. The van der Waals surface area contributed by atoms with Crippen molar-refractivity contribution in [2.45, 2.75) is 18.3 Å². The maximum absolute atomic E-state index is 11.1. The number of halogens is 1. The Morgan fingerprint density at radius 3 is 2.38 bits per heavy atom. The minimum Gasteiger partial charge on any atom is -0.550 e. The minimum absolute atomic E-state index is 0.191. The number of hydrogen-bond acceptors (Lipinski definition) is 3. The SMILES string of the molecule is N#CC(c1ccccc1)C(CC(=O)[O-])c1cccc(Br)c1. The summed E-state index contributed by atoms with van der Waals surface area (Å²) in [7, 11) is 0. The summed E-state index contributed by atoms with van der Waals surface area (Å²) in [5, 5.41) is 20.6. The quantitative estimate of drug-likeness (QED) is 0.838. The van der Waals surface area contributed by atoms with E-state index in [4.69, 9.17) is 0 Å². The number of aliphatic carboxylic acids is 1. The van der Waals surface area contributed by atoms with Crippen molar-refractivity contribution >= 4 is 21.9 Å². The molecule has 0 bridgehead atoms. The zero-order valence-corrected chi connectivity index (χ0v) is 12.8. The molecule has 0 heterocycles. The molecule has 0 aliphatic carbocycles. The fraction of sp³-hybridized carbons (Fsp3) is 0.176. The summed E-state index contributed by atoms with van der Waals surface area (Å²) in [6.07, 6.45) is -0.191. The maximum atomic E-state index is 11.1. The van der Waals surface area contributed by atoms with Crippen LogP contribution in [-0.4, -0.2) is 5.97 Å². The van der Waals surface area contributed by atoms with Crippen LogP contribution in [0.2, 0.25) is 0 Å². The molecule has 0 saturated carbocycles. The molecular weight excluding hydrogens is 330 g/mol. The van der Waals surface area contributed by atoms with E-state index in [0.717, 1.165) is 15.6 Å². The topological polar surface area (TPSA) is 63.9 Å². The van der Waals surface area contributed by atoms with Gasteiger partial charge in [-0.05, 0) is 29.7 Å². The molecular formula is C17H13BrNO2-. The molecule has 0 spiro atoms. The molecule has 0 amide bonds. The summed E-state index contributed by atoms with van der Waals surface area (Å²) >= 11 is 3.38. The highest BCUT2D eigenvalue weighted by Gasteiger charge is 2.25. The maximum Gasteiger partial charge on any atom is 0.0784 e. The van der Waals surface area contributed by atoms with Gasteiger partial charge in [0.25, 0.3) is 0 Å². The van der Waals surface area contributed by atoms with Crippen LogP contribution in [0.15, 0.2) is 59.1 Å². The van der Waals surface area contributed by atoms with Gasteiger partial charge in [0.2, 0.25) is 0 Å². The molecule has 0 N–H and O–H groups in total. The number of carbonyl (C=O) groups is 1. The fourth-order valence-electron chi connectivity index (χ4n) is 2.40. The van der Waals surface area contributed by atoms with E-state index >= 15 is 0 Å². The van der Waals surface area contributed by atoms with Crippen molar-refractivity contribution in [2.24, 2.45) is 0 Å². The molecule has 21 heavy (non-hydrogen) atoms.